The van der Waals surface area contributed by atoms with Crippen molar-refractivity contribution < 1.29 is 96.1 Å². The number of alkyl carbamates (subject to hydrolysis) is 2. The highest BCUT2D eigenvalue weighted by atomic mass is 16.6. The molecule has 30 nitrogen and oxygen atoms in total. The van der Waals surface area contributed by atoms with Gasteiger partial charge in [-0.05, 0) is 118 Å². The number of aliphatic hydroxyl groups is 2. The number of fused-ring (bicyclic) bond motifs is 4. The van der Waals surface area contributed by atoms with Gasteiger partial charge in [-0.15, -0.1) is 0 Å². The third-order valence-electron chi connectivity index (χ3n) is 17.4. The lowest BCUT2D eigenvalue weighted by molar-refractivity contribution is -0.128. The second kappa shape index (κ2) is 35.4. The van der Waals surface area contributed by atoms with Gasteiger partial charge in [0, 0.05) is 36.6 Å². The van der Waals surface area contributed by atoms with Crippen LogP contribution in [-0.4, -0.2) is 182 Å². The van der Waals surface area contributed by atoms with Crippen molar-refractivity contribution in [1.29, 1.82) is 0 Å². The molecule has 8 atom stereocenters. The molecule has 4 aliphatic heterocycles. The number of hydrogen-bond donors (Lipinski definition) is 8. The molecule has 4 aromatic rings. The number of anilines is 4. The van der Waals surface area contributed by atoms with Gasteiger partial charge in [0.2, 0.25) is 23.6 Å². The minimum Gasteiger partial charge on any atom is -0.493 e. The van der Waals surface area contributed by atoms with Crippen LogP contribution in [0.2, 0.25) is 0 Å². The largest absolute Gasteiger partial charge is 0.493 e. The quantitative estimate of drug-likeness (QED) is 0.0145. The number of ether oxygens (including phenoxy) is 8. The lowest BCUT2D eigenvalue weighted by atomic mass is 10.0. The highest BCUT2D eigenvalue weighted by Crippen LogP contribution is 2.44. The fourth-order valence-corrected chi connectivity index (χ4v) is 11.9. The van der Waals surface area contributed by atoms with E-state index in [1.54, 1.807) is 76.2 Å². The summed E-state index contributed by atoms with van der Waals surface area (Å²) >= 11 is 0. The number of nitrogens with one attached hydrogen (secondary N) is 6. The molecule has 101 heavy (non-hydrogen) atoms. The Balaban J connectivity index is 0.864. The van der Waals surface area contributed by atoms with E-state index >= 15 is 0 Å². The summed E-state index contributed by atoms with van der Waals surface area (Å²) in [7, 11) is 2.82. The molecule has 544 valence electrons. The van der Waals surface area contributed by atoms with Gasteiger partial charge < -0.3 is 89.8 Å². The van der Waals surface area contributed by atoms with Crippen LogP contribution in [0.3, 0.4) is 0 Å². The monoisotopic (exact) mass is 1400 g/mol. The first-order valence-corrected chi connectivity index (χ1v) is 33.5. The molecular weight excluding hydrogens is 1310 g/mol. The van der Waals surface area contributed by atoms with Crippen LogP contribution in [0.4, 0.5) is 41.9 Å². The van der Waals surface area contributed by atoms with E-state index in [-0.39, 0.29) is 97.0 Å². The van der Waals surface area contributed by atoms with Gasteiger partial charge in [0.1, 0.15) is 50.6 Å². The molecule has 4 aliphatic rings. The van der Waals surface area contributed by atoms with Crippen LogP contribution in [-0.2, 0) is 51.3 Å². The number of benzene rings is 4. The summed E-state index contributed by atoms with van der Waals surface area (Å²) in [4.78, 5) is 139. The van der Waals surface area contributed by atoms with Gasteiger partial charge in [0.05, 0.1) is 62.0 Å². The zero-order valence-electron chi connectivity index (χ0n) is 57.9. The number of carbonyl (C=O) groups is 10. The number of nitrogens with zero attached hydrogens (tertiary/aromatic N) is 4. The van der Waals surface area contributed by atoms with E-state index in [4.69, 9.17) is 37.9 Å². The van der Waals surface area contributed by atoms with Gasteiger partial charge in [-0.1, -0.05) is 77.3 Å². The van der Waals surface area contributed by atoms with E-state index in [0.717, 1.165) is 9.80 Å². The van der Waals surface area contributed by atoms with E-state index in [0.29, 0.717) is 80.5 Å². The Labute approximate surface area is 585 Å². The molecule has 0 spiro atoms. The van der Waals surface area contributed by atoms with Crippen LogP contribution in [0.1, 0.15) is 118 Å². The fraction of sp³-hybridized carbons (Fsp3) is 0.465. The van der Waals surface area contributed by atoms with Crippen LogP contribution in [0.25, 0.3) is 0 Å². The second-order valence-corrected chi connectivity index (χ2v) is 25.2. The van der Waals surface area contributed by atoms with Crippen molar-refractivity contribution in [3.05, 3.63) is 120 Å². The van der Waals surface area contributed by atoms with Gasteiger partial charge >= 0.3 is 24.4 Å². The minimum atomic E-state index is -1.51. The Bertz CT molecular complexity index is 3450. The number of unbranched alkanes of at least 4 members (excludes halogenated alkanes) is 2. The van der Waals surface area contributed by atoms with Crippen LogP contribution in [0.5, 0.6) is 23.0 Å². The normalized spacial score (nSPS) is 17.9. The SMILES string of the molecule is C=CCOC(=O)N[C@H](C(=O)N[C@@H](C)C(=O)Nc1ccc(COC(=O)N2c3cc(OCCCCCOc4cc5c(cc4OC)C(=O)N4CCC[C@H]4[C@H](O)N5C(=O)OCc4ccc(NC(=O)[C@H](C)NC(=O)[C@@H](NC(=O)OCC=C)C(C)C)cc4)c(OC)cc3C(=O)N3CCC[C@H]3[C@@H]2O)cc1)C(C)C. The standard InChI is InChI=1S/C71H90N10O20/c1-11-30-98-68(90)76-58(40(3)4)62(84)72-42(7)60(82)74-46-24-20-44(21-25-46)38-100-70(92)80-52-36-56(54(94-9)34-48(52)64(86)78-28-16-18-50(78)66(80)88)96-32-14-13-15-33-97-57-37-53-49(35-55(57)95-10)65(87)79-29-17-19-51(79)67(89)81(53)71(93)101-39-45-22-26-47(27-23-45)75-61(83)43(8)73-63(85)59(41(5)6)77-69(91)99-31-12-2/h11-12,20-27,34-37,40-43,50-51,58-59,66-67,88-89H,1-2,13-19,28-33,38-39H2,3-10H3,(H,72,84)(H,73,85)(H,74,82)(H,75,83)(H,76,90)(H,77,91)/t42-,43-,50-,51-,58-,59-,66-,67-/m0/s1. The molecule has 30 heteroatoms. The van der Waals surface area contributed by atoms with Gasteiger partial charge in [-0.25, -0.2) is 29.0 Å². The summed E-state index contributed by atoms with van der Waals surface area (Å²) in [5.41, 5.74) is 1.99. The lowest BCUT2D eigenvalue weighted by Crippen LogP contribution is -2.53. The Morgan fingerprint density at radius 1 is 0.515 bits per heavy atom. The number of hydrogen-bond acceptors (Lipinski definition) is 20. The molecule has 4 heterocycles. The predicted molar refractivity (Wildman–Crippen MR) is 368 cm³/mol. The van der Waals surface area contributed by atoms with Crippen LogP contribution >= 0.6 is 0 Å². The van der Waals surface area contributed by atoms with Crippen molar-refractivity contribution in [1.82, 2.24) is 31.1 Å². The molecule has 2 saturated heterocycles. The minimum absolute atomic E-state index is 0.0364. The molecule has 0 saturated carbocycles. The molecule has 4 aromatic carbocycles. The summed E-state index contributed by atoms with van der Waals surface area (Å²) in [6.07, 6.45) is -0.263. The summed E-state index contributed by atoms with van der Waals surface area (Å²) in [6.45, 7) is 17.2. The topological polar surface area (TPSA) is 370 Å². The third-order valence-corrected chi connectivity index (χ3v) is 17.4. The Morgan fingerprint density at radius 2 is 0.891 bits per heavy atom. The maximum absolute atomic E-state index is 14.2. The first kappa shape index (κ1) is 76.1. The molecule has 0 bridgehead atoms. The molecule has 0 aromatic heterocycles. The van der Waals surface area contributed by atoms with E-state index in [9.17, 15) is 58.2 Å². The Hall–Kier alpha value is -10.6. The van der Waals surface area contributed by atoms with Gasteiger partial charge in [0.15, 0.2) is 35.5 Å². The second-order valence-electron chi connectivity index (χ2n) is 25.2. The maximum Gasteiger partial charge on any atom is 0.416 e. The number of amides is 10. The molecule has 8 rings (SSSR count). The van der Waals surface area contributed by atoms with Gasteiger partial charge in [0.25, 0.3) is 11.8 Å². The molecule has 0 aliphatic carbocycles. The van der Waals surface area contributed by atoms with Gasteiger partial charge in [-0.2, -0.15) is 0 Å². The van der Waals surface area contributed by atoms with E-state index in [2.05, 4.69) is 45.1 Å². The smallest absolute Gasteiger partial charge is 0.416 e. The number of aliphatic hydroxyl groups excluding tert-OH is 2. The first-order chi connectivity index (χ1) is 48.4. The van der Waals surface area contributed by atoms with Crippen molar-refractivity contribution in [3.8, 4) is 23.0 Å². The predicted octanol–water partition coefficient (Wildman–Crippen LogP) is 7.25. The summed E-state index contributed by atoms with van der Waals surface area (Å²) in [6, 6.07) is 13.1. The highest BCUT2D eigenvalue weighted by molar-refractivity contribution is 6.07. The average Bonchev–Trinajstić information content (AvgIpc) is 1.63. The summed E-state index contributed by atoms with van der Waals surface area (Å²) in [5.74, 6) is -3.02. The van der Waals surface area contributed by atoms with Crippen LogP contribution in [0.15, 0.2) is 98.1 Å². The van der Waals surface area contributed by atoms with Crippen molar-refractivity contribution in [3.63, 3.8) is 0 Å². The zero-order chi connectivity index (χ0) is 73.2. The molecule has 8 N–H and O–H groups in total. The lowest BCUT2D eigenvalue weighted by Gasteiger charge is -2.31. The molecule has 0 unspecified atom stereocenters. The molecule has 2 fully saturated rings. The molecular formula is C71H90N10O20. The first-order valence-electron chi connectivity index (χ1n) is 33.5. The summed E-state index contributed by atoms with van der Waals surface area (Å²) < 4.78 is 45.4. The average molecular weight is 1400 g/mol. The van der Waals surface area contributed by atoms with Crippen molar-refractivity contribution in [2.45, 2.75) is 148 Å². The van der Waals surface area contributed by atoms with Gasteiger partial charge in [-0.3, -0.25) is 28.8 Å². The number of rotatable bonds is 30. The number of methoxy groups -OCH3 is 2. The zero-order valence-corrected chi connectivity index (χ0v) is 57.9. The van der Waals surface area contributed by atoms with E-state index in [1.807, 2.05) is 0 Å². The maximum atomic E-state index is 14.2. The number of carbonyl (C=O) groups excluding carboxylic acids is 10. The molecule has 10 amide bonds. The van der Waals surface area contributed by atoms with Crippen LogP contribution in [0, 0.1) is 11.8 Å². The Kier molecular flexibility index (Phi) is 26.7. The van der Waals surface area contributed by atoms with E-state index < -0.39 is 109 Å². The van der Waals surface area contributed by atoms with E-state index in [1.165, 1.54) is 74.3 Å². The third kappa shape index (κ3) is 19.0. The Morgan fingerprint density at radius 3 is 1.24 bits per heavy atom. The molecule has 0 radical (unpaired) electrons. The van der Waals surface area contributed by atoms with Crippen molar-refractivity contribution in [2.24, 2.45) is 11.8 Å². The summed E-state index contributed by atoms with van der Waals surface area (Å²) in [5, 5.41) is 39.5. The highest BCUT2D eigenvalue weighted by Gasteiger charge is 2.47. The van der Waals surface area contributed by atoms with Crippen molar-refractivity contribution >= 4 is 82.6 Å². The van der Waals surface area contributed by atoms with Crippen molar-refractivity contribution in [2.75, 3.05) is 74.2 Å². The fourth-order valence-electron chi connectivity index (χ4n) is 11.9. The van der Waals surface area contributed by atoms with Crippen LogP contribution < -0.4 is 60.6 Å².